The van der Waals surface area contributed by atoms with Crippen molar-refractivity contribution in [2.75, 3.05) is 19.0 Å². The molecule has 0 amide bonds. The third-order valence-electron chi connectivity index (χ3n) is 6.63. The lowest BCUT2D eigenvalue weighted by Crippen LogP contribution is -2.41. The highest BCUT2D eigenvalue weighted by molar-refractivity contribution is 5.96. The number of Topliss-reactive ketones (excluding diaryl/α,β-unsaturated/α-hetero) is 1. The van der Waals surface area contributed by atoms with Gasteiger partial charge in [0.1, 0.15) is 11.9 Å². The molecule has 1 fully saturated rings. The van der Waals surface area contributed by atoms with E-state index in [0.29, 0.717) is 12.0 Å². The van der Waals surface area contributed by atoms with E-state index < -0.39 is 0 Å². The smallest absolute Gasteiger partial charge is 0.336 e. The van der Waals surface area contributed by atoms with Gasteiger partial charge in [-0.05, 0) is 56.7 Å². The zero-order chi connectivity index (χ0) is 21.3. The number of hydrogen-bond donors (Lipinski definition) is 1. The van der Waals surface area contributed by atoms with Crippen molar-refractivity contribution in [2.45, 2.75) is 63.9 Å². The minimum atomic E-state index is -0.346. The fraction of sp³-hybridized carbons (Fsp3) is 0.520. The van der Waals surface area contributed by atoms with Crippen LogP contribution in [0.5, 0.6) is 0 Å². The standard InChI is InChI=1S/C25H32N2O3/c1-16-22(25(29)30-19-8-5-4-6-9-19)23(17-12-14-18(15-13-17)27(2)3)24-20(26-16)10-7-11-21(24)28/h10,12-15,19,23-24,26H,4-9,11H2,1-3H3. The molecule has 160 valence electrons. The number of allylic oxidation sites excluding steroid dienone is 3. The second kappa shape index (κ2) is 8.66. The minimum Gasteiger partial charge on any atom is -0.459 e. The summed E-state index contributed by atoms with van der Waals surface area (Å²) in [6.45, 7) is 1.93. The van der Waals surface area contributed by atoms with Crippen molar-refractivity contribution in [1.29, 1.82) is 0 Å². The van der Waals surface area contributed by atoms with Crippen molar-refractivity contribution >= 4 is 17.4 Å². The minimum absolute atomic E-state index is 0.0117. The molecule has 4 rings (SSSR count). The van der Waals surface area contributed by atoms with Crippen molar-refractivity contribution in [3.63, 3.8) is 0 Å². The maximum absolute atomic E-state index is 13.4. The van der Waals surface area contributed by atoms with E-state index in [1.165, 1.54) is 6.42 Å². The predicted octanol–water partition coefficient (Wildman–Crippen LogP) is 4.45. The van der Waals surface area contributed by atoms with Crippen molar-refractivity contribution in [2.24, 2.45) is 5.92 Å². The highest BCUT2D eigenvalue weighted by atomic mass is 16.5. The number of benzene rings is 1. The van der Waals surface area contributed by atoms with E-state index in [0.717, 1.165) is 54.7 Å². The Bertz CT molecular complexity index is 876. The normalized spacial score (nSPS) is 24.6. The Kier molecular flexibility index (Phi) is 5.98. The fourth-order valence-electron chi connectivity index (χ4n) is 5.02. The summed E-state index contributed by atoms with van der Waals surface area (Å²) in [4.78, 5) is 28.4. The molecule has 0 radical (unpaired) electrons. The van der Waals surface area contributed by atoms with Crippen molar-refractivity contribution in [1.82, 2.24) is 5.32 Å². The van der Waals surface area contributed by atoms with Crippen LogP contribution in [0.1, 0.15) is 63.4 Å². The Morgan fingerprint density at radius 3 is 2.43 bits per heavy atom. The van der Waals surface area contributed by atoms with E-state index in [1.807, 2.05) is 50.2 Å². The number of rotatable bonds is 4. The summed E-state index contributed by atoms with van der Waals surface area (Å²) in [6.07, 6.45) is 8.66. The molecule has 2 atom stereocenters. The summed E-state index contributed by atoms with van der Waals surface area (Å²) < 4.78 is 5.95. The Balaban J connectivity index is 1.72. The summed E-state index contributed by atoms with van der Waals surface area (Å²) in [7, 11) is 4.00. The van der Waals surface area contributed by atoms with Crippen LogP contribution >= 0.6 is 0 Å². The first-order chi connectivity index (χ1) is 14.5. The maximum Gasteiger partial charge on any atom is 0.336 e. The van der Waals surface area contributed by atoms with E-state index in [4.69, 9.17) is 4.74 Å². The monoisotopic (exact) mass is 408 g/mol. The molecule has 1 aromatic carbocycles. The van der Waals surface area contributed by atoms with Gasteiger partial charge in [0.15, 0.2) is 0 Å². The topological polar surface area (TPSA) is 58.6 Å². The first kappa shape index (κ1) is 20.7. The first-order valence-corrected chi connectivity index (χ1v) is 11.1. The summed E-state index contributed by atoms with van der Waals surface area (Å²) in [5.41, 5.74) is 4.42. The first-order valence-electron chi connectivity index (χ1n) is 11.1. The van der Waals surface area contributed by atoms with E-state index in [9.17, 15) is 9.59 Å². The summed E-state index contributed by atoms with van der Waals surface area (Å²) in [5, 5.41) is 3.36. The number of ketones is 1. The maximum atomic E-state index is 13.4. The van der Waals surface area contributed by atoms with Crippen LogP contribution in [-0.4, -0.2) is 32.0 Å². The van der Waals surface area contributed by atoms with Crippen LogP contribution in [0, 0.1) is 5.92 Å². The third-order valence-corrected chi connectivity index (χ3v) is 6.63. The molecule has 0 bridgehead atoms. The number of nitrogens with zero attached hydrogens (tertiary/aromatic N) is 1. The lowest BCUT2D eigenvalue weighted by atomic mass is 9.71. The van der Waals surface area contributed by atoms with Gasteiger partial charge < -0.3 is 15.0 Å². The molecule has 2 unspecified atom stereocenters. The molecule has 30 heavy (non-hydrogen) atoms. The van der Waals surface area contributed by atoms with Crippen molar-refractivity contribution in [3.05, 3.63) is 52.9 Å². The number of nitrogens with one attached hydrogen (secondary N) is 1. The Hall–Kier alpha value is -2.56. The fourth-order valence-corrected chi connectivity index (χ4v) is 5.02. The largest absolute Gasteiger partial charge is 0.459 e. The van der Waals surface area contributed by atoms with Crippen LogP contribution in [0.2, 0.25) is 0 Å². The second-order valence-electron chi connectivity index (χ2n) is 8.93. The van der Waals surface area contributed by atoms with Gasteiger partial charge in [-0.2, -0.15) is 0 Å². The number of carbonyl (C=O) groups is 2. The SMILES string of the molecule is CC1=C(C(=O)OC2CCCCC2)C(c2ccc(N(C)C)cc2)C2C(=O)CCC=C2N1. The molecular formula is C25H32N2O3. The second-order valence-corrected chi connectivity index (χ2v) is 8.93. The number of anilines is 1. The van der Waals surface area contributed by atoms with E-state index >= 15 is 0 Å². The van der Waals surface area contributed by atoms with Gasteiger partial charge in [0.25, 0.3) is 0 Å². The van der Waals surface area contributed by atoms with Crippen LogP contribution in [0.4, 0.5) is 5.69 Å². The average molecular weight is 409 g/mol. The Morgan fingerprint density at radius 1 is 1.07 bits per heavy atom. The van der Waals surface area contributed by atoms with E-state index in [1.54, 1.807) is 0 Å². The summed E-state index contributed by atoms with van der Waals surface area (Å²) >= 11 is 0. The van der Waals surface area contributed by atoms with Crippen molar-refractivity contribution < 1.29 is 14.3 Å². The number of hydrogen-bond acceptors (Lipinski definition) is 5. The van der Waals surface area contributed by atoms with Crippen LogP contribution in [0.3, 0.4) is 0 Å². The lowest BCUT2D eigenvalue weighted by molar-refractivity contribution is -0.146. The highest BCUT2D eigenvalue weighted by Gasteiger charge is 2.43. The molecular weight excluding hydrogens is 376 g/mol. The van der Waals surface area contributed by atoms with Crippen LogP contribution < -0.4 is 10.2 Å². The third kappa shape index (κ3) is 4.03. The molecule has 1 aliphatic heterocycles. The number of ether oxygens (including phenoxy) is 1. The molecule has 1 aromatic rings. The van der Waals surface area contributed by atoms with Gasteiger partial charge in [-0.3, -0.25) is 4.79 Å². The molecule has 0 spiro atoms. The molecule has 2 aliphatic carbocycles. The highest BCUT2D eigenvalue weighted by Crippen LogP contribution is 2.44. The molecule has 5 nitrogen and oxygen atoms in total. The molecule has 3 aliphatic rings. The van der Waals surface area contributed by atoms with E-state index in [2.05, 4.69) is 11.4 Å². The van der Waals surface area contributed by atoms with Crippen LogP contribution in [0.25, 0.3) is 0 Å². The zero-order valence-electron chi connectivity index (χ0n) is 18.2. The number of carbonyl (C=O) groups excluding carboxylic acids is 2. The van der Waals surface area contributed by atoms with Gasteiger partial charge in [-0.15, -0.1) is 0 Å². The Morgan fingerprint density at radius 2 is 1.77 bits per heavy atom. The molecule has 0 saturated heterocycles. The van der Waals surface area contributed by atoms with Crippen molar-refractivity contribution in [3.8, 4) is 0 Å². The lowest BCUT2D eigenvalue weighted by Gasteiger charge is -2.38. The van der Waals surface area contributed by atoms with Crippen LogP contribution in [-0.2, 0) is 14.3 Å². The molecule has 1 N–H and O–H groups in total. The number of esters is 1. The van der Waals surface area contributed by atoms with Gasteiger partial charge in [0, 0.05) is 43.5 Å². The summed E-state index contributed by atoms with van der Waals surface area (Å²) in [5.74, 6) is -0.734. The van der Waals surface area contributed by atoms with Gasteiger partial charge in [0.05, 0.1) is 11.5 Å². The van der Waals surface area contributed by atoms with E-state index in [-0.39, 0.29) is 29.7 Å². The molecule has 5 heteroatoms. The molecule has 1 saturated carbocycles. The quantitative estimate of drug-likeness (QED) is 0.746. The summed E-state index contributed by atoms with van der Waals surface area (Å²) in [6, 6.07) is 8.19. The zero-order valence-corrected chi connectivity index (χ0v) is 18.2. The van der Waals surface area contributed by atoms with Crippen LogP contribution in [0.15, 0.2) is 47.3 Å². The molecule has 1 heterocycles. The molecule has 0 aromatic heterocycles. The van der Waals surface area contributed by atoms with Gasteiger partial charge in [-0.25, -0.2) is 4.79 Å². The van der Waals surface area contributed by atoms with Gasteiger partial charge >= 0.3 is 5.97 Å². The van der Waals surface area contributed by atoms with Gasteiger partial charge in [-0.1, -0.05) is 24.6 Å². The average Bonchev–Trinajstić information content (AvgIpc) is 2.73. The Labute approximate surface area is 179 Å². The number of fused-ring (bicyclic) bond motifs is 1. The van der Waals surface area contributed by atoms with Gasteiger partial charge in [0.2, 0.25) is 0 Å². The predicted molar refractivity (Wildman–Crippen MR) is 118 cm³/mol.